The quantitative estimate of drug-likeness (QED) is 0.598. The van der Waals surface area contributed by atoms with Crippen molar-refractivity contribution in [3.63, 3.8) is 0 Å². The fourth-order valence-electron chi connectivity index (χ4n) is 0.745. The minimum atomic E-state index is -5.91. The van der Waals surface area contributed by atoms with E-state index in [2.05, 4.69) is 4.52 Å². The van der Waals surface area contributed by atoms with Gasteiger partial charge in [0.1, 0.15) is 6.10 Å². The van der Waals surface area contributed by atoms with Crippen LogP contribution in [0, 0.1) is 0 Å². The first-order valence-electron chi connectivity index (χ1n) is 3.60. The number of halogens is 5. The fraction of sp³-hybridized carbons (Fsp3) is 1.00. The Morgan fingerprint density at radius 2 is 1.67 bits per heavy atom. The predicted molar refractivity (Wildman–Crippen MR) is 38.2 cm³/mol. The molecule has 2 N–H and O–H groups in total. The molecule has 0 fully saturated rings. The van der Waals surface area contributed by atoms with Crippen molar-refractivity contribution in [3.8, 4) is 0 Å². The minimum absolute atomic E-state index is 0.889. The van der Waals surface area contributed by atoms with Gasteiger partial charge in [-0.15, -0.1) is 0 Å². The summed E-state index contributed by atoms with van der Waals surface area (Å²) < 4.78 is 73.9. The molecule has 0 spiro atoms. The summed E-state index contributed by atoms with van der Waals surface area (Å²) in [5, 5.41) is 0. The summed E-state index contributed by atoms with van der Waals surface area (Å²) >= 11 is 0. The number of phosphoric ester groups is 1. The van der Waals surface area contributed by atoms with Crippen LogP contribution in [-0.4, -0.2) is 28.0 Å². The molecular formula is C5H8F5O4P. The fourth-order valence-corrected chi connectivity index (χ4v) is 1.36. The molecule has 0 aliphatic carbocycles. The van der Waals surface area contributed by atoms with E-state index in [1.165, 1.54) is 0 Å². The monoisotopic (exact) mass is 258 g/mol. The molecule has 0 aliphatic heterocycles. The van der Waals surface area contributed by atoms with Crippen LogP contribution in [0.3, 0.4) is 0 Å². The van der Waals surface area contributed by atoms with E-state index in [0.29, 0.717) is 0 Å². The predicted octanol–water partition coefficient (Wildman–Crippen LogP) is 2.07. The largest absolute Gasteiger partial charge is 0.470 e. The molecule has 0 aromatic rings. The van der Waals surface area contributed by atoms with Crippen molar-refractivity contribution in [2.75, 3.05) is 0 Å². The molecular weight excluding hydrogens is 250 g/mol. The third-order valence-electron chi connectivity index (χ3n) is 1.42. The molecule has 4 nitrogen and oxygen atoms in total. The molecule has 0 saturated heterocycles. The van der Waals surface area contributed by atoms with Crippen molar-refractivity contribution in [1.82, 2.24) is 0 Å². The molecule has 0 bridgehead atoms. The van der Waals surface area contributed by atoms with E-state index in [9.17, 15) is 26.5 Å². The van der Waals surface area contributed by atoms with Gasteiger partial charge >= 0.3 is 19.9 Å². The van der Waals surface area contributed by atoms with Crippen LogP contribution in [0.1, 0.15) is 13.3 Å². The number of hydrogen-bond donors (Lipinski definition) is 2. The average Bonchev–Trinajstić information content (AvgIpc) is 1.95. The SMILES string of the molecule is CCC(OP(=O)(O)O)C(F)(F)C(F)(F)F. The Bertz CT molecular complexity index is 259. The first-order valence-corrected chi connectivity index (χ1v) is 5.13. The molecule has 0 heterocycles. The molecule has 0 radical (unpaired) electrons. The van der Waals surface area contributed by atoms with Gasteiger partial charge in [-0.2, -0.15) is 22.0 Å². The van der Waals surface area contributed by atoms with Crippen LogP contribution in [0.15, 0.2) is 0 Å². The van der Waals surface area contributed by atoms with Gasteiger partial charge in [-0.3, -0.25) is 4.52 Å². The van der Waals surface area contributed by atoms with Crippen LogP contribution in [0.2, 0.25) is 0 Å². The van der Waals surface area contributed by atoms with Gasteiger partial charge in [0.05, 0.1) is 0 Å². The van der Waals surface area contributed by atoms with Crippen LogP contribution in [0.4, 0.5) is 22.0 Å². The van der Waals surface area contributed by atoms with Crippen molar-refractivity contribution < 1.29 is 40.8 Å². The lowest BCUT2D eigenvalue weighted by molar-refractivity contribution is -0.310. The number of alkyl halides is 5. The molecule has 1 unspecified atom stereocenters. The molecule has 0 rings (SSSR count). The van der Waals surface area contributed by atoms with Crippen LogP contribution >= 0.6 is 7.82 Å². The molecule has 92 valence electrons. The highest BCUT2D eigenvalue weighted by Gasteiger charge is 2.63. The van der Waals surface area contributed by atoms with Crippen molar-refractivity contribution in [2.45, 2.75) is 31.5 Å². The summed E-state index contributed by atoms with van der Waals surface area (Å²) in [6.07, 6.45) is -9.71. The van der Waals surface area contributed by atoms with Gasteiger partial charge in [0.25, 0.3) is 0 Å². The summed E-state index contributed by atoms with van der Waals surface area (Å²) in [6.45, 7) is 0.889. The Labute approximate surface area is 81.3 Å². The molecule has 0 aromatic carbocycles. The Kier molecular flexibility index (Phi) is 4.26. The Balaban J connectivity index is 4.90. The zero-order chi connectivity index (χ0) is 12.5. The molecule has 0 amide bonds. The van der Waals surface area contributed by atoms with E-state index in [4.69, 9.17) is 9.79 Å². The molecule has 0 saturated carbocycles. The maximum Gasteiger partial charge on any atom is 0.470 e. The van der Waals surface area contributed by atoms with Gasteiger partial charge in [-0.25, -0.2) is 4.57 Å². The van der Waals surface area contributed by atoms with E-state index in [1.54, 1.807) is 0 Å². The zero-order valence-electron chi connectivity index (χ0n) is 7.33. The highest BCUT2D eigenvalue weighted by Crippen LogP contribution is 2.47. The standard InChI is InChI=1S/C5H8F5O4P/c1-2-3(14-15(11,12)13)4(6,7)5(8,9)10/h3H,2H2,1H3,(H2,11,12,13). The Morgan fingerprint density at radius 1 is 1.27 bits per heavy atom. The lowest BCUT2D eigenvalue weighted by Gasteiger charge is -2.27. The molecule has 10 heteroatoms. The first-order chi connectivity index (χ1) is 6.42. The van der Waals surface area contributed by atoms with Crippen molar-refractivity contribution >= 4 is 7.82 Å². The Morgan fingerprint density at radius 3 is 1.87 bits per heavy atom. The summed E-state index contributed by atoms with van der Waals surface area (Å²) in [4.78, 5) is 16.3. The normalized spacial score (nSPS) is 16.5. The molecule has 15 heavy (non-hydrogen) atoms. The number of hydrogen-bond acceptors (Lipinski definition) is 2. The maximum absolute atomic E-state index is 12.5. The van der Waals surface area contributed by atoms with Gasteiger partial charge in [0, 0.05) is 0 Å². The second-order valence-electron chi connectivity index (χ2n) is 2.61. The van der Waals surface area contributed by atoms with E-state index in [-0.39, 0.29) is 0 Å². The van der Waals surface area contributed by atoms with E-state index in [0.717, 1.165) is 6.92 Å². The van der Waals surface area contributed by atoms with Crippen LogP contribution in [0.5, 0.6) is 0 Å². The lowest BCUT2D eigenvalue weighted by Crippen LogP contribution is -2.47. The van der Waals surface area contributed by atoms with Gasteiger partial charge in [-0.1, -0.05) is 6.92 Å². The summed E-state index contributed by atoms with van der Waals surface area (Å²) in [5.74, 6) is -5.30. The topological polar surface area (TPSA) is 66.8 Å². The number of rotatable bonds is 4. The summed E-state index contributed by atoms with van der Waals surface area (Å²) in [6, 6.07) is 0. The molecule has 0 aromatic heterocycles. The average molecular weight is 258 g/mol. The van der Waals surface area contributed by atoms with Gasteiger partial charge < -0.3 is 9.79 Å². The van der Waals surface area contributed by atoms with Crippen LogP contribution in [-0.2, 0) is 9.09 Å². The maximum atomic E-state index is 12.5. The highest BCUT2D eigenvalue weighted by atomic mass is 31.2. The summed E-state index contributed by atoms with van der Waals surface area (Å²) in [5.41, 5.74) is 0. The summed E-state index contributed by atoms with van der Waals surface area (Å²) in [7, 11) is -5.38. The third-order valence-corrected chi connectivity index (χ3v) is 1.95. The highest BCUT2D eigenvalue weighted by molar-refractivity contribution is 7.46. The van der Waals surface area contributed by atoms with Crippen molar-refractivity contribution in [3.05, 3.63) is 0 Å². The van der Waals surface area contributed by atoms with Crippen molar-refractivity contribution in [1.29, 1.82) is 0 Å². The van der Waals surface area contributed by atoms with E-state index in [1.807, 2.05) is 0 Å². The van der Waals surface area contributed by atoms with Gasteiger partial charge in [0.15, 0.2) is 0 Å². The van der Waals surface area contributed by atoms with E-state index >= 15 is 0 Å². The number of phosphoric acid groups is 1. The Hall–Kier alpha value is -0.240. The lowest BCUT2D eigenvalue weighted by atomic mass is 10.1. The van der Waals surface area contributed by atoms with E-state index < -0.39 is 32.4 Å². The second kappa shape index (κ2) is 4.32. The zero-order valence-corrected chi connectivity index (χ0v) is 8.23. The van der Waals surface area contributed by atoms with Gasteiger partial charge in [0.2, 0.25) is 0 Å². The molecule has 1 atom stereocenters. The minimum Gasteiger partial charge on any atom is -0.303 e. The van der Waals surface area contributed by atoms with Crippen molar-refractivity contribution in [2.24, 2.45) is 0 Å². The third kappa shape index (κ3) is 4.02. The second-order valence-corrected chi connectivity index (χ2v) is 3.81. The first kappa shape index (κ1) is 14.8. The van der Waals surface area contributed by atoms with Crippen LogP contribution in [0.25, 0.3) is 0 Å². The van der Waals surface area contributed by atoms with Gasteiger partial charge in [-0.05, 0) is 6.42 Å². The molecule has 0 aliphatic rings. The van der Waals surface area contributed by atoms with Crippen LogP contribution < -0.4 is 0 Å². The smallest absolute Gasteiger partial charge is 0.303 e.